The molecule has 2 amide bonds. The third-order valence-electron chi connectivity index (χ3n) is 6.86. The van der Waals surface area contributed by atoms with Crippen LogP contribution in [0.3, 0.4) is 0 Å². The summed E-state index contributed by atoms with van der Waals surface area (Å²) in [6.45, 7) is 3.33. The molecule has 35 heavy (non-hydrogen) atoms. The van der Waals surface area contributed by atoms with E-state index in [1.165, 1.54) is 4.90 Å². The number of hydrogen-bond donors (Lipinski definition) is 2. The molecule has 2 aliphatic rings. The SMILES string of the molecule is CN1CCN(C(=O)c2cccc(CN3C(=N)NC(c4ccccc4)(c4ccccc4)C3=O)c2)CC1. The van der Waals surface area contributed by atoms with E-state index in [0.717, 1.165) is 29.8 Å². The summed E-state index contributed by atoms with van der Waals surface area (Å²) in [5.41, 5.74) is 1.80. The van der Waals surface area contributed by atoms with Crippen molar-refractivity contribution < 1.29 is 9.59 Å². The number of nitrogens with one attached hydrogen (secondary N) is 2. The first-order valence-electron chi connectivity index (χ1n) is 11.9. The van der Waals surface area contributed by atoms with E-state index < -0.39 is 5.54 Å². The molecule has 3 aromatic carbocycles. The van der Waals surface area contributed by atoms with Gasteiger partial charge < -0.3 is 15.1 Å². The maximum absolute atomic E-state index is 14.0. The zero-order chi connectivity index (χ0) is 24.4. The molecule has 7 nitrogen and oxygen atoms in total. The van der Waals surface area contributed by atoms with Crippen LogP contribution in [0.4, 0.5) is 0 Å². The first-order valence-corrected chi connectivity index (χ1v) is 11.9. The van der Waals surface area contributed by atoms with Gasteiger partial charge in [0.1, 0.15) is 0 Å². The van der Waals surface area contributed by atoms with Gasteiger partial charge in [-0.2, -0.15) is 0 Å². The summed E-state index contributed by atoms with van der Waals surface area (Å²) in [5, 5.41) is 11.9. The largest absolute Gasteiger partial charge is 0.336 e. The molecule has 0 spiro atoms. The van der Waals surface area contributed by atoms with Crippen molar-refractivity contribution in [2.45, 2.75) is 12.1 Å². The van der Waals surface area contributed by atoms with E-state index in [2.05, 4.69) is 17.3 Å². The lowest BCUT2D eigenvalue weighted by molar-refractivity contribution is -0.130. The fraction of sp³-hybridized carbons (Fsp3) is 0.250. The van der Waals surface area contributed by atoms with E-state index in [9.17, 15) is 9.59 Å². The van der Waals surface area contributed by atoms with Crippen molar-refractivity contribution >= 4 is 17.8 Å². The number of likely N-dealkylation sites (N-methyl/N-ethyl adjacent to an activating group) is 1. The van der Waals surface area contributed by atoms with Crippen LogP contribution in [0.25, 0.3) is 0 Å². The molecule has 3 aromatic rings. The Labute approximate surface area is 205 Å². The Bertz CT molecular complexity index is 1200. The van der Waals surface area contributed by atoms with E-state index in [-0.39, 0.29) is 24.3 Å². The average molecular weight is 468 g/mol. The maximum atomic E-state index is 14.0. The molecular formula is C28H29N5O2. The zero-order valence-electron chi connectivity index (χ0n) is 19.8. The Hall–Kier alpha value is -3.97. The molecule has 7 heteroatoms. The highest BCUT2D eigenvalue weighted by molar-refractivity contribution is 6.10. The average Bonchev–Trinajstić information content (AvgIpc) is 3.15. The monoisotopic (exact) mass is 467 g/mol. The van der Waals surface area contributed by atoms with Crippen molar-refractivity contribution in [3.63, 3.8) is 0 Å². The highest BCUT2D eigenvalue weighted by Crippen LogP contribution is 2.36. The smallest absolute Gasteiger partial charge is 0.264 e. The fourth-order valence-electron chi connectivity index (χ4n) is 4.87. The molecule has 0 saturated carbocycles. The third-order valence-corrected chi connectivity index (χ3v) is 6.86. The Morgan fingerprint density at radius 1 is 0.886 bits per heavy atom. The molecule has 5 rings (SSSR count). The van der Waals surface area contributed by atoms with Crippen molar-refractivity contribution in [2.75, 3.05) is 33.2 Å². The van der Waals surface area contributed by atoms with Crippen LogP contribution < -0.4 is 5.32 Å². The summed E-state index contributed by atoms with van der Waals surface area (Å²) in [6, 6.07) is 26.4. The molecule has 0 atom stereocenters. The van der Waals surface area contributed by atoms with Gasteiger partial charge in [0, 0.05) is 31.7 Å². The molecule has 2 saturated heterocycles. The quantitative estimate of drug-likeness (QED) is 0.605. The second kappa shape index (κ2) is 9.35. The van der Waals surface area contributed by atoms with Crippen LogP contribution >= 0.6 is 0 Å². The molecule has 2 N–H and O–H groups in total. The highest BCUT2D eigenvalue weighted by atomic mass is 16.2. The number of benzene rings is 3. The molecule has 0 bridgehead atoms. The summed E-state index contributed by atoms with van der Waals surface area (Å²) >= 11 is 0. The lowest BCUT2D eigenvalue weighted by atomic mass is 9.82. The van der Waals surface area contributed by atoms with Crippen LogP contribution in [0.2, 0.25) is 0 Å². The molecule has 0 aliphatic carbocycles. The Balaban J connectivity index is 1.43. The number of rotatable bonds is 5. The molecule has 2 aliphatic heterocycles. The first-order chi connectivity index (χ1) is 17.0. The number of hydrogen-bond acceptors (Lipinski definition) is 4. The van der Waals surface area contributed by atoms with Crippen molar-refractivity contribution in [1.29, 1.82) is 5.41 Å². The van der Waals surface area contributed by atoms with Gasteiger partial charge in [0.05, 0.1) is 6.54 Å². The standard InChI is InChI=1S/C28H29N5O2/c1-31-15-17-32(18-16-31)25(34)22-10-8-9-21(19-22)20-33-26(35)28(30-27(33)29,23-11-4-2-5-12-23)24-13-6-3-7-14-24/h2-14,19H,15-18,20H2,1H3,(H2,29,30). The van der Waals surface area contributed by atoms with Gasteiger partial charge in [-0.1, -0.05) is 72.8 Å². The molecule has 2 fully saturated rings. The van der Waals surface area contributed by atoms with Crippen molar-refractivity contribution in [3.05, 3.63) is 107 Å². The summed E-state index contributed by atoms with van der Waals surface area (Å²) in [4.78, 5) is 32.6. The Morgan fingerprint density at radius 3 is 2.09 bits per heavy atom. The van der Waals surface area contributed by atoms with Gasteiger partial charge in [0.15, 0.2) is 11.5 Å². The van der Waals surface area contributed by atoms with Crippen LogP contribution in [0, 0.1) is 5.41 Å². The van der Waals surface area contributed by atoms with E-state index >= 15 is 0 Å². The lowest BCUT2D eigenvalue weighted by Crippen LogP contribution is -2.47. The van der Waals surface area contributed by atoms with Crippen LogP contribution in [-0.2, 0) is 16.9 Å². The Kier molecular flexibility index (Phi) is 6.09. The second-order valence-electron chi connectivity index (χ2n) is 9.14. The van der Waals surface area contributed by atoms with Gasteiger partial charge >= 0.3 is 0 Å². The fourth-order valence-corrected chi connectivity index (χ4v) is 4.87. The summed E-state index contributed by atoms with van der Waals surface area (Å²) in [7, 11) is 2.06. The highest BCUT2D eigenvalue weighted by Gasteiger charge is 2.52. The minimum absolute atomic E-state index is 0.00354. The van der Waals surface area contributed by atoms with Crippen LogP contribution in [0.15, 0.2) is 84.9 Å². The number of amides is 2. The predicted octanol–water partition coefficient (Wildman–Crippen LogP) is 2.88. The molecule has 0 aromatic heterocycles. The number of nitrogens with zero attached hydrogens (tertiary/aromatic N) is 3. The van der Waals surface area contributed by atoms with Crippen LogP contribution in [-0.4, -0.2) is 65.7 Å². The van der Waals surface area contributed by atoms with Gasteiger partial charge in [-0.3, -0.25) is 19.9 Å². The molecule has 2 heterocycles. The minimum Gasteiger partial charge on any atom is -0.336 e. The summed E-state index contributed by atoms with van der Waals surface area (Å²) in [6.07, 6.45) is 0. The molecular weight excluding hydrogens is 438 g/mol. The molecule has 0 radical (unpaired) electrons. The minimum atomic E-state index is -1.17. The van der Waals surface area contributed by atoms with Crippen molar-refractivity contribution in [1.82, 2.24) is 20.0 Å². The lowest BCUT2D eigenvalue weighted by Gasteiger charge is -2.32. The normalized spacial score (nSPS) is 18.0. The zero-order valence-corrected chi connectivity index (χ0v) is 19.8. The van der Waals surface area contributed by atoms with E-state index in [1.54, 1.807) is 0 Å². The third kappa shape index (κ3) is 4.19. The van der Waals surface area contributed by atoms with Gasteiger partial charge in [-0.05, 0) is 35.9 Å². The Morgan fingerprint density at radius 2 is 1.49 bits per heavy atom. The number of carbonyl (C=O) groups excluding carboxylic acids is 2. The van der Waals surface area contributed by atoms with Crippen LogP contribution in [0.5, 0.6) is 0 Å². The van der Waals surface area contributed by atoms with E-state index in [4.69, 9.17) is 5.41 Å². The van der Waals surface area contributed by atoms with Gasteiger partial charge in [-0.25, -0.2) is 0 Å². The number of piperazine rings is 1. The number of carbonyl (C=O) groups is 2. The topological polar surface area (TPSA) is 79.7 Å². The summed E-state index contributed by atoms with van der Waals surface area (Å²) in [5.74, 6) is -0.169. The van der Waals surface area contributed by atoms with Crippen molar-refractivity contribution in [3.8, 4) is 0 Å². The molecule has 178 valence electrons. The predicted molar refractivity (Wildman–Crippen MR) is 135 cm³/mol. The first kappa shape index (κ1) is 22.8. The van der Waals surface area contributed by atoms with Crippen molar-refractivity contribution in [2.24, 2.45) is 0 Å². The van der Waals surface area contributed by atoms with E-state index in [1.807, 2.05) is 89.8 Å². The molecule has 0 unspecified atom stereocenters. The summed E-state index contributed by atoms with van der Waals surface area (Å²) < 4.78 is 0. The van der Waals surface area contributed by atoms with Crippen LogP contribution in [0.1, 0.15) is 27.0 Å². The van der Waals surface area contributed by atoms with Gasteiger partial charge in [-0.15, -0.1) is 0 Å². The number of guanidine groups is 1. The van der Waals surface area contributed by atoms with Gasteiger partial charge in [0.25, 0.3) is 11.8 Å². The van der Waals surface area contributed by atoms with Gasteiger partial charge in [0.2, 0.25) is 0 Å². The maximum Gasteiger partial charge on any atom is 0.264 e. The van der Waals surface area contributed by atoms with E-state index in [0.29, 0.717) is 18.7 Å². The second-order valence-corrected chi connectivity index (χ2v) is 9.14.